The Morgan fingerprint density at radius 2 is 1.24 bits per heavy atom. The second-order valence-electron chi connectivity index (χ2n) is 4.56. The minimum absolute atomic E-state index is 0.221. The second-order valence-corrected chi connectivity index (χ2v) is 9.13. The van der Waals surface area contributed by atoms with E-state index in [0.29, 0.717) is 5.57 Å². The van der Waals surface area contributed by atoms with Crippen LogP contribution < -0.4 is 0 Å². The smallest absolute Gasteiger partial charge is 0.461 e. The number of carbonyl (C=O) groups excluding carboxylic acids is 2. The zero-order chi connectivity index (χ0) is 20.0. The molecule has 0 aromatic carbocycles. The van der Waals surface area contributed by atoms with Gasteiger partial charge in [-0.1, -0.05) is 13.2 Å². The molecule has 0 radical (unpaired) electrons. The van der Waals surface area contributed by atoms with Crippen LogP contribution in [0.4, 0.5) is 0 Å². The van der Waals surface area contributed by atoms with Gasteiger partial charge >= 0.3 is 30.3 Å². The maximum Gasteiger partial charge on any atom is 0.751 e. The van der Waals surface area contributed by atoms with E-state index < -0.39 is 30.3 Å². The normalized spacial score (nSPS) is 10.6. The summed E-state index contributed by atoms with van der Waals surface area (Å²) in [6.07, 6.45) is 0.221. The number of ether oxygens (including phenoxy) is 1. The third kappa shape index (κ3) is 11.0. The van der Waals surface area contributed by atoms with Gasteiger partial charge in [0.05, 0.1) is 0 Å². The van der Waals surface area contributed by atoms with Gasteiger partial charge in [0.25, 0.3) is 0 Å². The van der Waals surface area contributed by atoms with Gasteiger partial charge in [-0.3, -0.25) is 0 Å². The molecule has 0 rings (SSSR count). The lowest BCUT2D eigenvalue weighted by Gasteiger charge is -2.21. The molecule has 11 heteroatoms. The van der Waals surface area contributed by atoms with Crippen LogP contribution in [0.1, 0.15) is 13.8 Å². The number of carbonyl (C=O) groups is 2. The van der Waals surface area contributed by atoms with Crippen molar-refractivity contribution in [2.75, 3.05) is 41.8 Å². The first-order valence-corrected chi connectivity index (χ1v) is 10.4. The van der Waals surface area contributed by atoms with Gasteiger partial charge in [0.2, 0.25) is 0 Å². The average Bonchev–Trinajstić information content (AvgIpc) is 2.60. The fourth-order valence-electron chi connectivity index (χ4n) is 1.07. The van der Waals surface area contributed by atoms with Crippen molar-refractivity contribution in [1.82, 2.24) is 0 Å². The molecule has 0 aliphatic carbocycles. The number of esters is 1. The van der Waals surface area contributed by atoms with Gasteiger partial charge in [0, 0.05) is 46.7 Å². The van der Waals surface area contributed by atoms with E-state index in [4.69, 9.17) is 31.3 Å². The maximum atomic E-state index is 11.1. The highest BCUT2D eigenvalue weighted by atomic mass is 28.4. The molecule has 0 spiro atoms. The molecule has 0 N–H and O–H groups in total. The fraction of sp³-hybridized carbons (Fsp3) is 0.571. The molecule has 0 heterocycles. The van der Waals surface area contributed by atoms with E-state index in [-0.39, 0.29) is 11.8 Å². The molecule has 0 aliphatic rings. The van der Waals surface area contributed by atoms with Crippen molar-refractivity contribution in [2.45, 2.75) is 13.8 Å². The molecule has 0 bridgehead atoms. The van der Waals surface area contributed by atoms with Crippen LogP contribution in [0.3, 0.4) is 0 Å². The quantitative estimate of drug-likeness (QED) is 0.299. The molecular weight excluding hydrogens is 368 g/mol. The predicted octanol–water partition coefficient (Wildman–Crippen LogP) is 0.639. The van der Waals surface area contributed by atoms with Crippen molar-refractivity contribution < 1.29 is 40.9 Å². The van der Waals surface area contributed by atoms with E-state index in [0.717, 1.165) is 0 Å². The molecule has 9 nitrogen and oxygen atoms in total. The standard InChI is InChI=1S/C7H14O5Si.C7H14O4Si/c1-6(2)7(8)12-13(9-3,10-4)11-5;1-6(2)7(8)11-5-12(9-3)10-4/h1H2,2-5H3;12H,1,5H2,2-4H3. The van der Waals surface area contributed by atoms with Crippen LogP contribution in [-0.4, -0.2) is 72.0 Å². The van der Waals surface area contributed by atoms with Gasteiger partial charge in [-0.25, -0.2) is 9.59 Å². The fourth-order valence-corrected chi connectivity index (χ4v) is 2.98. The lowest BCUT2D eigenvalue weighted by molar-refractivity contribution is -0.139. The van der Waals surface area contributed by atoms with Crippen molar-refractivity contribution in [3.8, 4) is 0 Å². The van der Waals surface area contributed by atoms with Gasteiger partial charge in [-0.15, -0.1) is 0 Å². The second kappa shape index (κ2) is 13.9. The molecule has 0 amide bonds. The molecule has 0 aromatic heterocycles. The van der Waals surface area contributed by atoms with Crippen molar-refractivity contribution in [2.24, 2.45) is 0 Å². The summed E-state index contributed by atoms with van der Waals surface area (Å²) < 4.78 is 34.2. The van der Waals surface area contributed by atoms with Crippen LogP contribution in [0.25, 0.3) is 0 Å². The van der Waals surface area contributed by atoms with Gasteiger partial charge in [0.1, 0.15) is 6.23 Å². The van der Waals surface area contributed by atoms with Crippen LogP contribution in [0.5, 0.6) is 0 Å². The summed E-state index contributed by atoms with van der Waals surface area (Å²) in [5.74, 6) is -0.987. The maximum absolute atomic E-state index is 11.1. The van der Waals surface area contributed by atoms with Crippen LogP contribution in [0.2, 0.25) is 0 Å². The summed E-state index contributed by atoms with van der Waals surface area (Å²) in [6.45, 7) is 9.99. The Morgan fingerprint density at radius 3 is 1.52 bits per heavy atom. The van der Waals surface area contributed by atoms with Crippen molar-refractivity contribution in [3.05, 3.63) is 24.3 Å². The topological polar surface area (TPSA) is 98.8 Å². The minimum atomic E-state index is -3.25. The third-order valence-corrected chi connectivity index (χ3v) is 5.97. The first kappa shape index (κ1) is 25.9. The lowest BCUT2D eigenvalue weighted by atomic mass is 10.4. The van der Waals surface area contributed by atoms with Crippen molar-refractivity contribution >= 4 is 30.3 Å². The van der Waals surface area contributed by atoms with E-state index in [1.54, 1.807) is 6.92 Å². The largest absolute Gasteiger partial charge is 0.751 e. The molecular formula is C14H28O9Si2. The summed E-state index contributed by atoms with van der Waals surface area (Å²) in [7, 11) is 2.10. The van der Waals surface area contributed by atoms with Gasteiger partial charge in [0.15, 0.2) is 0 Å². The molecule has 0 aliphatic heterocycles. The third-order valence-electron chi connectivity index (χ3n) is 2.54. The number of hydrogen-bond donors (Lipinski definition) is 0. The first-order valence-electron chi connectivity index (χ1n) is 7.05. The highest BCUT2D eigenvalue weighted by molar-refractivity contribution is 6.55. The Kier molecular flexibility index (Phi) is 14.4. The zero-order valence-corrected chi connectivity index (χ0v) is 18.0. The molecule has 0 unspecified atom stereocenters. The summed E-state index contributed by atoms with van der Waals surface area (Å²) in [5, 5.41) is 0. The SMILES string of the molecule is C=C(C)C(=O)OC[SiH](OC)OC.C=C(C)C(=O)O[Si](OC)(OC)OC. The highest BCUT2D eigenvalue weighted by Crippen LogP contribution is 2.10. The summed E-state index contributed by atoms with van der Waals surface area (Å²) >= 11 is 0. The Bertz CT molecular complexity index is 437. The van der Waals surface area contributed by atoms with Crippen LogP contribution in [0, 0.1) is 0 Å². The van der Waals surface area contributed by atoms with Gasteiger partial charge in [-0.05, 0) is 13.8 Å². The van der Waals surface area contributed by atoms with Gasteiger partial charge in [-0.2, -0.15) is 0 Å². The summed E-state index contributed by atoms with van der Waals surface area (Å²) in [5.41, 5.74) is 0.651. The Labute approximate surface area is 151 Å². The zero-order valence-electron chi connectivity index (χ0n) is 15.9. The lowest BCUT2D eigenvalue weighted by Crippen LogP contribution is -2.48. The Balaban J connectivity index is 0. The predicted molar refractivity (Wildman–Crippen MR) is 94.6 cm³/mol. The molecule has 0 atom stereocenters. The van der Waals surface area contributed by atoms with Crippen molar-refractivity contribution in [1.29, 1.82) is 0 Å². The molecule has 0 fully saturated rings. The molecule has 25 heavy (non-hydrogen) atoms. The average molecular weight is 397 g/mol. The van der Waals surface area contributed by atoms with Crippen LogP contribution in [0.15, 0.2) is 24.3 Å². The first-order chi connectivity index (χ1) is 11.6. The summed E-state index contributed by atoms with van der Waals surface area (Å²) in [6, 6.07) is 0. The van der Waals surface area contributed by atoms with Crippen LogP contribution >= 0.6 is 0 Å². The van der Waals surface area contributed by atoms with E-state index >= 15 is 0 Å². The highest BCUT2D eigenvalue weighted by Gasteiger charge is 2.46. The monoisotopic (exact) mass is 396 g/mol. The minimum Gasteiger partial charge on any atom is -0.461 e. The Hall–Kier alpha value is -1.35. The number of rotatable bonds is 10. The van der Waals surface area contributed by atoms with E-state index in [9.17, 15) is 9.59 Å². The number of hydrogen-bond acceptors (Lipinski definition) is 9. The van der Waals surface area contributed by atoms with E-state index in [1.165, 1.54) is 42.5 Å². The van der Waals surface area contributed by atoms with E-state index in [1.807, 2.05) is 0 Å². The van der Waals surface area contributed by atoms with Gasteiger partial charge < -0.3 is 31.3 Å². The van der Waals surface area contributed by atoms with Crippen molar-refractivity contribution in [3.63, 3.8) is 0 Å². The summed E-state index contributed by atoms with van der Waals surface area (Å²) in [4.78, 5) is 22.0. The molecule has 146 valence electrons. The molecule has 0 aromatic rings. The molecule has 0 saturated heterocycles. The molecule has 0 saturated carbocycles. The van der Waals surface area contributed by atoms with E-state index in [2.05, 4.69) is 13.2 Å². The Morgan fingerprint density at radius 1 is 0.840 bits per heavy atom. The van der Waals surface area contributed by atoms with Crippen LogP contribution in [-0.2, 0) is 40.9 Å².